The minimum absolute atomic E-state index is 0.217. The van der Waals surface area contributed by atoms with Gasteiger partial charge in [0.25, 0.3) is 0 Å². The van der Waals surface area contributed by atoms with E-state index in [1.807, 2.05) is 6.07 Å². The van der Waals surface area contributed by atoms with Gasteiger partial charge in [0.15, 0.2) is 0 Å². The molecule has 1 fully saturated rings. The molecule has 0 spiro atoms. The standard InChI is InChI=1S/C20H26N4O/c25-20(23-19-9-6-10-21-15-19)22-14-17-7-5-8-18(13-17)16-24-11-3-1-2-4-12-24/h5-10,13,15H,1-4,11-12,14,16H2,(H2,22,23,25). The van der Waals surface area contributed by atoms with Crippen LogP contribution in [0.1, 0.15) is 36.8 Å². The lowest BCUT2D eigenvalue weighted by molar-refractivity contribution is 0.251. The molecule has 2 amide bonds. The summed E-state index contributed by atoms with van der Waals surface area (Å²) in [6.45, 7) is 3.89. The van der Waals surface area contributed by atoms with Gasteiger partial charge in [-0.15, -0.1) is 0 Å². The highest BCUT2D eigenvalue weighted by atomic mass is 16.2. The number of likely N-dealkylation sites (tertiary alicyclic amines) is 1. The first-order valence-electron chi connectivity index (χ1n) is 9.05. The van der Waals surface area contributed by atoms with Gasteiger partial charge in [-0.05, 0) is 49.2 Å². The quantitative estimate of drug-likeness (QED) is 0.872. The fourth-order valence-corrected chi connectivity index (χ4v) is 3.18. The molecule has 2 aromatic rings. The van der Waals surface area contributed by atoms with Gasteiger partial charge in [-0.1, -0.05) is 37.1 Å². The highest BCUT2D eigenvalue weighted by Crippen LogP contribution is 2.14. The second-order valence-corrected chi connectivity index (χ2v) is 6.56. The molecule has 5 nitrogen and oxygen atoms in total. The van der Waals surface area contributed by atoms with Crippen LogP contribution in [0.3, 0.4) is 0 Å². The predicted molar refractivity (Wildman–Crippen MR) is 100 cm³/mol. The maximum Gasteiger partial charge on any atom is 0.319 e. The van der Waals surface area contributed by atoms with E-state index in [4.69, 9.17) is 0 Å². The number of carbonyl (C=O) groups excluding carboxylic acids is 1. The topological polar surface area (TPSA) is 57.3 Å². The van der Waals surface area contributed by atoms with Crippen LogP contribution in [0.5, 0.6) is 0 Å². The Labute approximate surface area is 149 Å². The summed E-state index contributed by atoms with van der Waals surface area (Å²) in [5.74, 6) is 0. The Morgan fingerprint density at radius 1 is 1.04 bits per heavy atom. The lowest BCUT2D eigenvalue weighted by Crippen LogP contribution is -2.28. The molecule has 0 unspecified atom stereocenters. The van der Waals surface area contributed by atoms with Crippen LogP contribution in [0.2, 0.25) is 0 Å². The fourth-order valence-electron chi connectivity index (χ4n) is 3.18. The minimum Gasteiger partial charge on any atom is -0.334 e. The Hall–Kier alpha value is -2.40. The van der Waals surface area contributed by atoms with Gasteiger partial charge in [0.1, 0.15) is 0 Å². The van der Waals surface area contributed by atoms with Gasteiger partial charge in [-0.2, -0.15) is 0 Å². The molecule has 1 saturated heterocycles. The molecule has 2 heterocycles. The number of amides is 2. The van der Waals surface area contributed by atoms with E-state index in [-0.39, 0.29) is 6.03 Å². The number of hydrogen-bond acceptors (Lipinski definition) is 3. The molecule has 0 bridgehead atoms. The van der Waals surface area contributed by atoms with Crippen LogP contribution in [-0.4, -0.2) is 29.0 Å². The second-order valence-electron chi connectivity index (χ2n) is 6.56. The number of anilines is 1. The Kier molecular flexibility index (Phi) is 6.40. The number of aromatic nitrogens is 1. The van der Waals surface area contributed by atoms with Crippen LogP contribution in [0.15, 0.2) is 48.8 Å². The Morgan fingerprint density at radius 2 is 1.84 bits per heavy atom. The number of nitrogens with zero attached hydrogens (tertiary/aromatic N) is 2. The van der Waals surface area contributed by atoms with E-state index >= 15 is 0 Å². The maximum absolute atomic E-state index is 12.0. The number of benzene rings is 1. The number of hydrogen-bond donors (Lipinski definition) is 2. The largest absolute Gasteiger partial charge is 0.334 e. The van der Waals surface area contributed by atoms with E-state index < -0.39 is 0 Å². The number of carbonyl (C=O) groups is 1. The molecule has 2 N–H and O–H groups in total. The van der Waals surface area contributed by atoms with Crippen molar-refractivity contribution < 1.29 is 4.79 Å². The molecule has 0 radical (unpaired) electrons. The highest BCUT2D eigenvalue weighted by Gasteiger charge is 2.10. The number of rotatable bonds is 5. The summed E-state index contributed by atoms with van der Waals surface area (Å²) in [4.78, 5) is 18.5. The highest BCUT2D eigenvalue weighted by molar-refractivity contribution is 5.88. The van der Waals surface area contributed by atoms with Gasteiger partial charge in [0.2, 0.25) is 0 Å². The minimum atomic E-state index is -0.217. The van der Waals surface area contributed by atoms with E-state index in [9.17, 15) is 4.79 Å². The molecular formula is C20H26N4O. The van der Waals surface area contributed by atoms with Gasteiger partial charge in [0, 0.05) is 19.3 Å². The van der Waals surface area contributed by atoms with Gasteiger partial charge in [-0.25, -0.2) is 4.79 Å². The number of pyridine rings is 1. The number of nitrogens with one attached hydrogen (secondary N) is 2. The molecule has 5 heteroatoms. The normalized spacial score (nSPS) is 15.4. The van der Waals surface area contributed by atoms with Crippen LogP contribution in [-0.2, 0) is 13.1 Å². The molecule has 1 aliphatic rings. The molecule has 1 aromatic carbocycles. The van der Waals surface area contributed by atoms with Crippen molar-refractivity contribution in [2.45, 2.75) is 38.8 Å². The average Bonchev–Trinajstić information content (AvgIpc) is 2.90. The van der Waals surface area contributed by atoms with Crippen molar-refractivity contribution in [1.82, 2.24) is 15.2 Å². The van der Waals surface area contributed by atoms with Crippen molar-refractivity contribution in [3.05, 3.63) is 59.9 Å². The smallest absolute Gasteiger partial charge is 0.319 e. The second kappa shape index (κ2) is 9.18. The first-order valence-corrected chi connectivity index (χ1v) is 9.05. The van der Waals surface area contributed by atoms with Gasteiger partial charge in [-0.3, -0.25) is 9.88 Å². The Balaban J connectivity index is 1.50. The SMILES string of the molecule is O=C(NCc1cccc(CN2CCCCCC2)c1)Nc1cccnc1. The van der Waals surface area contributed by atoms with E-state index in [0.29, 0.717) is 12.2 Å². The third-order valence-electron chi connectivity index (χ3n) is 4.47. The summed E-state index contributed by atoms with van der Waals surface area (Å²) in [7, 11) is 0. The van der Waals surface area contributed by atoms with Crippen molar-refractivity contribution in [3.63, 3.8) is 0 Å². The lowest BCUT2D eigenvalue weighted by atomic mass is 10.1. The summed E-state index contributed by atoms with van der Waals surface area (Å²) in [5, 5.41) is 5.68. The van der Waals surface area contributed by atoms with Crippen molar-refractivity contribution >= 4 is 11.7 Å². The van der Waals surface area contributed by atoms with Crippen LogP contribution in [0.25, 0.3) is 0 Å². The molecule has 1 aromatic heterocycles. The van der Waals surface area contributed by atoms with Crippen LogP contribution < -0.4 is 10.6 Å². The van der Waals surface area contributed by atoms with E-state index in [2.05, 4.69) is 44.8 Å². The van der Waals surface area contributed by atoms with Gasteiger partial charge >= 0.3 is 6.03 Å². The third kappa shape index (κ3) is 5.87. The van der Waals surface area contributed by atoms with E-state index in [1.54, 1.807) is 18.5 Å². The van der Waals surface area contributed by atoms with E-state index in [0.717, 1.165) is 12.1 Å². The van der Waals surface area contributed by atoms with Crippen LogP contribution in [0, 0.1) is 0 Å². The summed E-state index contributed by atoms with van der Waals surface area (Å²) >= 11 is 0. The Bertz CT molecular complexity index is 666. The maximum atomic E-state index is 12.0. The molecule has 1 aliphatic heterocycles. The number of urea groups is 1. The third-order valence-corrected chi connectivity index (χ3v) is 4.47. The van der Waals surface area contributed by atoms with Crippen molar-refractivity contribution in [3.8, 4) is 0 Å². The van der Waals surface area contributed by atoms with Crippen LogP contribution >= 0.6 is 0 Å². The molecule has 0 atom stereocenters. The van der Waals surface area contributed by atoms with Gasteiger partial charge in [0.05, 0.1) is 11.9 Å². The van der Waals surface area contributed by atoms with Crippen LogP contribution in [0.4, 0.5) is 10.5 Å². The first kappa shape index (κ1) is 17.4. The summed E-state index contributed by atoms with van der Waals surface area (Å²) in [6.07, 6.45) is 8.62. The van der Waals surface area contributed by atoms with Gasteiger partial charge < -0.3 is 10.6 Å². The zero-order valence-electron chi connectivity index (χ0n) is 14.6. The van der Waals surface area contributed by atoms with Crippen molar-refractivity contribution in [2.75, 3.05) is 18.4 Å². The summed E-state index contributed by atoms with van der Waals surface area (Å²) in [5.41, 5.74) is 3.12. The van der Waals surface area contributed by atoms with Crippen molar-refractivity contribution in [2.24, 2.45) is 0 Å². The van der Waals surface area contributed by atoms with E-state index in [1.165, 1.54) is 44.3 Å². The molecule has 0 saturated carbocycles. The molecule has 25 heavy (non-hydrogen) atoms. The zero-order chi connectivity index (χ0) is 17.3. The first-order chi connectivity index (χ1) is 12.3. The molecule has 0 aliphatic carbocycles. The monoisotopic (exact) mass is 338 g/mol. The van der Waals surface area contributed by atoms with Crippen molar-refractivity contribution in [1.29, 1.82) is 0 Å². The lowest BCUT2D eigenvalue weighted by Gasteiger charge is -2.20. The summed E-state index contributed by atoms with van der Waals surface area (Å²) < 4.78 is 0. The molecule has 132 valence electrons. The zero-order valence-corrected chi connectivity index (χ0v) is 14.6. The predicted octanol–water partition coefficient (Wildman–Crippen LogP) is 3.78. The summed E-state index contributed by atoms with van der Waals surface area (Å²) in [6, 6.07) is 11.9. The fraction of sp³-hybridized carbons (Fsp3) is 0.400. The molecular weight excluding hydrogens is 312 g/mol. The average molecular weight is 338 g/mol. The Morgan fingerprint density at radius 3 is 2.60 bits per heavy atom. The molecule has 3 rings (SSSR count).